The molecule has 3 atom stereocenters. The lowest BCUT2D eigenvalue weighted by atomic mass is 9.78. The molecule has 0 N–H and O–H groups in total. The fourth-order valence-electron chi connectivity index (χ4n) is 3.86. The molecule has 1 aliphatic heterocycles. The van der Waals surface area contributed by atoms with Gasteiger partial charge in [0.15, 0.2) is 0 Å². The van der Waals surface area contributed by atoms with Gasteiger partial charge in [0.2, 0.25) is 0 Å². The number of halogens is 1. The number of morpholine rings is 1. The average Bonchev–Trinajstić information content (AvgIpc) is 2.46. The summed E-state index contributed by atoms with van der Waals surface area (Å²) in [7, 11) is 0. The molecule has 0 aromatic heterocycles. The zero-order valence-corrected chi connectivity index (χ0v) is 17.2. The Morgan fingerprint density at radius 2 is 1.75 bits per heavy atom. The van der Waals surface area contributed by atoms with Gasteiger partial charge in [-0.2, -0.15) is 0 Å². The molecule has 1 unspecified atom stereocenters. The summed E-state index contributed by atoms with van der Waals surface area (Å²) in [4.78, 5) is 2.58. The normalized spacial score (nSPS) is 23.6. The van der Waals surface area contributed by atoms with Gasteiger partial charge in [0.05, 0.1) is 12.2 Å². The highest BCUT2D eigenvalue weighted by molar-refractivity contribution is 5.85. The first-order valence-corrected chi connectivity index (χ1v) is 9.28. The number of benzene rings is 1. The van der Waals surface area contributed by atoms with Gasteiger partial charge in [0.1, 0.15) is 0 Å². The van der Waals surface area contributed by atoms with Crippen LogP contribution in [0.25, 0.3) is 0 Å². The molecule has 0 radical (unpaired) electrons. The number of ether oxygens (including phenoxy) is 1. The van der Waals surface area contributed by atoms with Crippen molar-refractivity contribution in [2.45, 2.75) is 72.0 Å². The summed E-state index contributed by atoms with van der Waals surface area (Å²) >= 11 is 0. The second-order valence-electron chi connectivity index (χ2n) is 8.18. The van der Waals surface area contributed by atoms with Crippen molar-refractivity contribution in [1.82, 2.24) is 4.90 Å². The molecule has 1 fully saturated rings. The van der Waals surface area contributed by atoms with Crippen LogP contribution < -0.4 is 0 Å². The van der Waals surface area contributed by atoms with Crippen molar-refractivity contribution in [3.8, 4) is 0 Å². The molecule has 3 heteroatoms. The van der Waals surface area contributed by atoms with Gasteiger partial charge >= 0.3 is 0 Å². The predicted molar refractivity (Wildman–Crippen MR) is 106 cm³/mol. The van der Waals surface area contributed by atoms with Crippen molar-refractivity contribution in [3.05, 3.63) is 35.4 Å². The minimum atomic E-state index is 0. The van der Waals surface area contributed by atoms with Crippen molar-refractivity contribution in [3.63, 3.8) is 0 Å². The Morgan fingerprint density at radius 3 is 2.33 bits per heavy atom. The molecule has 2 nitrogen and oxygen atoms in total. The lowest BCUT2D eigenvalue weighted by Crippen LogP contribution is -2.47. The Balaban J connectivity index is 0.00000288. The Hall–Kier alpha value is -0.570. The smallest absolute Gasteiger partial charge is 0.0678 e. The molecule has 0 aliphatic carbocycles. The summed E-state index contributed by atoms with van der Waals surface area (Å²) in [6.07, 6.45) is 3.06. The van der Waals surface area contributed by atoms with Crippen LogP contribution in [0, 0.1) is 5.92 Å². The first kappa shape index (κ1) is 21.5. The van der Waals surface area contributed by atoms with Gasteiger partial charge in [-0.25, -0.2) is 0 Å². The Morgan fingerprint density at radius 1 is 1.17 bits per heavy atom. The Labute approximate surface area is 155 Å². The first-order valence-electron chi connectivity index (χ1n) is 9.28. The molecule has 138 valence electrons. The maximum atomic E-state index is 5.85. The van der Waals surface area contributed by atoms with E-state index in [-0.39, 0.29) is 17.8 Å². The van der Waals surface area contributed by atoms with E-state index in [1.807, 2.05) is 0 Å². The summed E-state index contributed by atoms with van der Waals surface area (Å²) in [5.74, 6) is 0.668. The largest absolute Gasteiger partial charge is 0.373 e. The minimum absolute atomic E-state index is 0. The molecular weight excluding hydrogens is 318 g/mol. The van der Waals surface area contributed by atoms with Crippen LogP contribution in [-0.4, -0.2) is 36.7 Å². The molecule has 0 spiro atoms. The standard InChI is InChI=1S/C21H35NO.ClH/c1-7-21(5,6)20-11-9-8-10-19(20)12-16(2)13-22-14-17(3)23-18(4)15-22;/h8-11,16-18H,7,12-15H2,1-6H3;1H/t16?,17-,18+;. The second kappa shape index (κ2) is 9.22. The molecule has 1 aromatic carbocycles. The fraction of sp³-hybridized carbons (Fsp3) is 0.714. The van der Waals surface area contributed by atoms with E-state index in [0.717, 1.165) is 13.1 Å². The second-order valence-corrected chi connectivity index (χ2v) is 8.18. The molecule has 1 aromatic rings. The number of hydrogen-bond acceptors (Lipinski definition) is 2. The zero-order chi connectivity index (χ0) is 17.0. The third-order valence-corrected chi connectivity index (χ3v) is 5.26. The maximum absolute atomic E-state index is 5.85. The highest BCUT2D eigenvalue weighted by atomic mass is 35.5. The van der Waals surface area contributed by atoms with Crippen molar-refractivity contribution >= 4 is 12.4 Å². The van der Waals surface area contributed by atoms with Crippen molar-refractivity contribution in [2.24, 2.45) is 5.92 Å². The fourth-order valence-corrected chi connectivity index (χ4v) is 3.86. The quantitative estimate of drug-likeness (QED) is 0.706. The van der Waals surface area contributed by atoms with Gasteiger partial charge in [0, 0.05) is 19.6 Å². The summed E-state index contributed by atoms with van der Waals surface area (Å²) in [6, 6.07) is 9.03. The van der Waals surface area contributed by atoms with Crippen LogP contribution in [0.5, 0.6) is 0 Å². The van der Waals surface area contributed by atoms with Gasteiger partial charge < -0.3 is 4.74 Å². The van der Waals surface area contributed by atoms with Crippen LogP contribution in [0.2, 0.25) is 0 Å². The van der Waals surface area contributed by atoms with E-state index in [9.17, 15) is 0 Å². The van der Waals surface area contributed by atoms with Crippen molar-refractivity contribution < 1.29 is 4.74 Å². The molecule has 1 saturated heterocycles. The molecule has 0 saturated carbocycles. The molecule has 0 bridgehead atoms. The summed E-state index contributed by atoms with van der Waals surface area (Å²) in [5, 5.41) is 0. The van der Waals surface area contributed by atoms with Crippen LogP contribution in [0.1, 0.15) is 59.1 Å². The lowest BCUT2D eigenvalue weighted by molar-refractivity contribution is -0.0709. The maximum Gasteiger partial charge on any atom is 0.0678 e. The van der Waals surface area contributed by atoms with Crippen LogP contribution in [-0.2, 0) is 16.6 Å². The van der Waals surface area contributed by atoms with Gasteiger partial charge in [-0.15, -0.1) is 12.4 Å². The number of hydrogen-bond donors (Lipinski definition) is 0. The van der Waals surface area contributed by atoms with E-state index in [0.29, 0.717) is 18.1 Å². The summed E-state index contributed by atoms with van der Waals surface area (Å²) in [5.41, 5.74) is 3.32. The number of rotatable bonds is 6. The van der Waals surface area contributed by atoms with Crippen LogP contribution in [0.15, 0.2) is 24.3 Å². The van der Waals surface area contributed by atoms with Crippen LogP contribution >= 0.6 is 12.4 Å². The van der Waals surface area contributed by atoms with Crippen molar-refractivity contribution in [2.75, 3.05) is 19.6 Å². The molecule has 24 heavy (non-hydrogen) atoms. The third-order valence-electron chi connectivity index (χ3n) is 5.26. The molecule has 2 rings (SSSR count). The highest BCUT2D eigenvalue weighted by Gasteiger charge is 2.25. The van der Waals surface area contributed by atoms with E-state index in [2.05, 4.69) is 70.7 Å². The lowest BCUT2D eigenvalue weighted by Gasteiger charge is -2.37. The average molecular weight is 354 g/mol. The first-order chi connectivity index (χ1) is 10.8. The van der Waals surface area contributed by atoms with Gasteiger partial charge in [-0.05, 0) is 49.1 Å². The van der Waals surface area contributed by atoms with E-state index in [4.69, 9.17) is 4.74 Å². The van der Waals surface area contributed by atoms with Gasteiger partial charge in [0.25, 0.3) is 0 Å². The number of nitrogens with zero attached hydrogens (tertiary/aromatic N) is 1. The van der Waals surface area contributed by atoms with E-state index >= 15 is 0 Å². The topological polar surface area (TPSA) is 12.5 Å². The minimum Gasteiger partial charge on any atom is -0.373 e. The van der Waals surface area contributed by atoms with Crippen molar-refractivity contribution in [1.29, 1.82) is 0 Å². The van der Waals surface area contributed by atoms with E-state index in [1.54, 1.807) is 0 Å². The molecule has 1 heterocycles. The van der Waals surface area contributed by atoms with Gasteiger partial charge in [-0.1, -0.05) is 52.0 Å². The van der Waals surface area contributed by atoms with E-state index in [1.165, 1.54) is 30.5 Å². The van der Waals surface area contributed by atoms with E-state index < -0.39 is 0 Å². The third kappa shape index (κ3) is 5.75. The molecule has 0 amide bonds. The summed E-state index contributed by atoms with van der Waals surface area (Å²) < 4.78 is 5.85. The SMILES string of the molecule is CCC(C)(C)c1ccccc1CC(C)CN1C[C@@H](C)O[C@@H](C)C1.Cl. The molecular formula is C21H36ClNO. The van der Waals surface area contributed by atoms with Crippen LogP contribution in [0.4, 0.5) is 0 Å². The molecule has 1 aliphatic rings. The zero-order valence-electron chi connectivity index (χ0n) is 16.3. The Bertz CT molecular complexity index is 492. The monoisotopic (exact) mass is 353 g/mol. The van der Waals surface area contributed by atoms with Gasteiger partial charge in [-0.3, -0.25) is 4.90 Å². The highest BCUT2D eigenvalue weighted by Crippen LogP contribution is 2.31. The summed E-state index contributed by atoms with van der Waals surface area (Å²) in [6.45, 7) is 17.1. The Kier molecular flexibility index (Phi) is 8.25. The predicted octanol–water partition coefficient (Wildman–Crippen LogP) is 5.08. The van der Waals surface area contributed by atoms with Crippen LogP contribution in [0.3, 0.4) is 0 Å².